The first-order valence-electron chi connectivity index (χ1n) is 46.1. The number of hydrogen-bond acceptors (Lipinski definition) is 2. The Morgan fingerprint density at radius 1 is 0.333 bits per heavy atom. The number of hydrogen-bond donors (Lipinski definition) is 0. The Morgan fingerprint density at radius 2 is 0.803 bits per heavy atom. The van der Waals surface area contributed by atoms with E-state index in [0.29, 0.717) is 45.0 Å². The molecule has 117 heavy (non-hydrogen) atoms. The van der Waals surface area contributed by atoms with Crippen molar-refractivity contribution < 1.29 is 27.1 Å². The standard InChI is InChI=1S/C110H86N4OSi2/c1-109(2,3)81-63-64-111-106(70-81)114-103-62-59-93(117(89-47-25-12-26-48-89,90-49-27-13-28-50-90)91-51-29-14-30-52-91)74-101(103)97-60-57-85(72-105(97)114)115-84-40-33-39-83(71-84)112-75-113-107-99(80-66-78(76-35-15-7-16-36-76)65-79(67-80)77-37-17-8-18-38-77)68-82(110(4,5)6)69-102(107)100-73-92(58-61-96(100)94-53-31-32-54-95(94)98-55-34-56-104(112)108(98)113)116(86-41-19-9-20-42-86,87-43-21-10-22-44-87)88-45-23-11-24-46-88/h7-74H,1-6H3/i7D,8D,15D,16D,17D,18D,35D,36D,37D,38D,65D,66D,67D. The van der Waals surface area contributed by atoms with Crippen LogP contribution in [0.2, 0.25) is 0 Å². The molecular formula is C110H86N4OSi2. The van der Waals surface area contributed by atoms with Crippen LogP contribution < -0.4 is 50.8 Å². The lowest BCUT2D eigenvalue weighted by molar-refractivity contribution is -0.570. The van der Waals surface area contributed by atoms with Crippen molar-refractivity contribution in [1.82, 2.24) is 14.1 Å². The highest BCUT2D eigenvalue weighted by Crippen LogP contribution is 2.48. The summed E-state index contributed by atoms with van der Waals surface area (Å²) in [6, 6.07) is 106. The van der Waals surface area contributed by atoms with Crippen molar-refractivity contribution in [2.45, 2.75) is 52.4 Å². The van der Waals surface area contributed by atoms with E-state index in [1.165, 1.54) is 20.7 Å². The first-order chi connectivity index (χ1) is 62.7. The summed E-state index contributed by atoms with van der Waals surface area (Å²) in [5, 5.41) is 11.4. The topological polar surface area (TPSA) is 35.9 Å². The minimum atomic E-state index is -3.45. The smallest absolute Gasteiger partial charge is 0.269 e. The molecule has 0 amide bonds. The van der Waals surface area contributed by atoms with Crippen LogP contribution in [0.1, 0.15) is 70.5 Å². The fraction of sp³-hybridized carbons (Fsp3) is 0.0727. The predicted molar refractivity (Wildman–Crippen MR) is 493 cm³/mol. The van der Waals surface area contributed by atoms with E-state index in [2.05, 4.69) is 301 Å². The monoisotopic (exact) mass is 1550 g/mol. The van der Waals surface area contributed by atoms with Crippen molar-refractivity contribution in [2.75, 3.05) is 0 Å². The second-order valence-corrected chi connectivity index (χ2v) is 39.7. The lowest BCUT2D eigenvalue weighted by Gasteiger charge is -2.35. The van der Waals surface area contributed by atoms with Crippen LogP contribution >= 0.6 is 0 Å². The van der Waals surface area contributed by atoms with Gasteiger partial charge < -0.3 is 4.74 Å². The number of fused-ring (bicyclic) bond motifs is 10. The van der Waals surface area contributed by atoms with Gasteiger partial charge in [-0.15, -0.1) is 0 Å². The van der Waals surface area contributed by atoms with Crippen LogP contribution in [0.3, 0.4) is 0 Å². The number of benzene rings is 16. The SMILES string of the molecule is [2H]c1c([2H])c([2H])c(-c2c([2H])c(-c3cc(C(C)(C)C)cc4c3-[n+]3[c-]n(-c5cccc(Oc6ccc7c8cc([Si](c9ccccc9)(c9ccccc9)c9ccccc9)ccc8n(-c8cc(C(C)(C)C)ccn8)c7c6)c5)c5cccc(c53)-c3ccccc3-c3ccc([Si](c5ccccc5)(c5ccccc5)c5ccccc5)cc3-4)c([2H])c(-c3c([2H])c([2H])c([2H])c([2H])c3[2H])c2[2H])c([2H])c1[2H]. The third-order valence-electron chi connectivity index (χ3n) is 23.2. The molecule has 0 bridgehead atoms. The van der Waals surface area contributed by atoms with Crippen molar-refractivity contribution in [3.05, 3.63) is 430 Å². The lowest BCUT2D eigenvalue weighted by Crippen LogP contribution is -2.74. The van der Waals surface area contributed by atoms with Crippen LogP contribution in [0.5, 0.6) is 11.5 Å². The van der Waals surface area contributed by atoms with Crippen LogP contribution in [-0.4, -0.2) is 30.3 Å². The maximum atomic E-state index is 11.0. The van der Waals surface area contributed by atoms with Crippen LogP contribution in [0, 0.1) is 6.33 Å². The van der Waals surface area contributed by atoms with Gasteiger partial charge in [0.25, 0.3) is 6.33 Å². The van der Waals surface area contributed by atoms with E-state index >= 15 is 0 Å². The Bertz CT molecular complexity index is 7470. The maximum absolute atomic E-state index is 11.0. The first kappa shape index (κ1) is 58.9. The van der Waals surface area contributed by atoms with Gasteiger partial charge in [0, 0.05) is 23.0 Å². The van der Waals surface area contributed by atoms with Gasteiger partial charge in [-0.1, -0.05) is 375 Å². The Balaban J connectivity index is 0.866. The zero-order valence-electron chi connectivity index (χ0n) is 78.5. The fourth-order valence-electron chi connectivity index (χ4n) is 17.7. The first-order valence-corrected chi connectivity index (χ1v) is 43.6. The predicted octanol–water partition coefficient (Wildman–Crippen LogP) is 21.7. The van der Waals surface area contributed by atoms with Crippen LogP contribution in [-0.2, 0) is 10.8 Å². The molecule has 0 spiro atoms. The Morgan fingerprint density at radius 3 is 1.35 bits per heavy atom. The van der Waals surface area contributed by atoms with E-state index < -0.39 is 122 Å². The molecule has 20 rings (SSSR count). The van der Waals surface area contributed by atoms with Crippen molar-refractivity contribution in [3.63, 3.8) is 0 Å². The molecule has 5 nitrogen and oxygen atoms in total. The zero-order valence-corrected chi connectivity index (χ0v) is 67.5. The molecule has 0 saturated carbocycles. The maximum Gasteiger partial charge on any atom is 0.269 e. The molecule has 0 radical (unpaired) electrons. The van der Waals surface area contributed by atoms with E-state index in [9.17, 15) is 9.60 Å². The van der Waals surface area contributed by atoms with Gasteiger partial charge in [0.2, 0.25) is 0 Å². The van der Waals surface area contributed by atoms with Gasteiger partial charge in [-0.2, -0.15) is 0 Å². The fourth-order valence-corrected chi connectivity index (χ4v) is 27.3. The molecule has 1 aliphatic rings. The van der Waals surface area contributed by atoms with Crippen molar-refractivity contribution in [3.8, 4) is 95.5 Å². The highest BCUT2D eigenvalue weighted by molar-refractivity contribution is 7.20. The molecule has 0 unspecified atom stereocenters. The average Bonchev–Trinajstić information content (AvgIpc) is 1.19. The van der Waals surface area contributed by atoms with Crippen LogP contribution in [0.25, 0.3) is 117 Å². The highest BCUT2D eigenvalue weighted by atomic mass is 28.3. The summed E-state index contributed by atoms with van der Waals surface area (Å²) in [6.07, 6.45) is 5.84. The van der Waals surface area contributed by atoms with Crippen molar-refractivity contribution in [1.29, 1.82) is 0 Å². The summed E-state index contributed by atoms with van der Waals surface area (Å²) in [5.74, 6) is 1.78. The number of rotatable bonds is 15. The van der Waals surface area contributed by atoms with Crippen molar-refractivity contribution >= 4 is 90.5 Å². The Hall–Kier alpha value is -13.8. The van der Waals surface area contributed by atoms with Gasteiger partial charge >= 0.3 is 0 Å². The van der Waals surface area contributed by atoms with E-state index in [0.717, 1.165) is 81.8 Å². The molecule has 16 aromatic carbocycles. The minimum Gasteiger partial charge on any atom is -0.458 e. The summed E-state index contributed by atoms with van der Waals surface area (Å²) in [7, 11) is -6.48. The zero-order chi connectivity index (χ0) is 90.3. The lowest BCUT2D eigenvalue weighted by atomic mass is 9.80. The van der Waals surface area contributed by atoms with E-state index in [-0.39, 0.29) is 16.5 Å². The normalized spacial score (nSPS) is 13.7. The van der Waals surface area contributed by atoms with E-state index in [4.69, 9.17) is 17.9 Å². The molecule has 19 aromatic rings. The summed E-state index contributed by atoms with van der Waals surface area (Å²) in [6.45, 7) is 12.8. The summed E-state index contributed by atoms with van der Waals surface area (Å²) >= 11 is 0. The second-order valence-electron chi connectivity index (χ2n) is 32.1. The molecule has 0 aliphatic carbocycles. The number of pyridine rings is 1. The molecule has 7 heteroatoms. The number of nitrogens with zero attached hydrogens (tertiary/aromatic N) is 4. The second kappa shape index (κ2) is 29.2. The Labute approximate surface area is 705 Å². The molecule has 0 atom stereocenters. The molecule has 3 aromatic heterocycles. The number of para-hydroxylation sites is 1. The van der Waals surface area contributed by atoms with Crippen LogP contribution in [0.4, 0.5) is 0 Å². The van der Waals surface area contributed by atoms with Gasteiger partial charge in [-0.05, 0) is 197 Å². The summed E-state index contributed by atoms with van der Waals surface area (Å²) in [5.41, 5.74) is 7.39. The summed E-state index contributed by atoms with van der Waals surface area (Å²) in [4.78, 5) is 5.16. The molecule has 0 saturated heterocycles. The largest absolute Gasteiger partial charge is 0.458 e. The van der Waals surface area contributed by atoms with Gasteiger partial charge in [-0.25, -0.2) is 4.98 Å². The molecule has 1 aliphatic heterocycles. The van der Waals surface area contributed by atoms with E-state index in [1.807, 2.05) is 94.2 Å². The third kappa shape index (κ3) is 12.5. The van der Waals surface area contributed by atoms with Crippen LogP contribution in [0.15, 0.2) is 412 Å². The van der Waals surface area contributed by atoms with Gasteiger partial charge in [0.15, 0.2) is 16.1 Å². The molecule has 4 heterocycles. The number of ether oxygens (including phenoxy) is 1. The van der Waals surface area contributed by atoms with Gasteiger partial charge in [0.1, 0.15) is 17.3 Å². The number of aromatic nitrogens is 4. The summed E-state index contributed by atoms with van der Waals surface area (Å²) < 4.78 is 139. The molecule has 560 valence electrons. The van der Waals surface area contributed by atoms with Gasteiger partial charge in [-0.3, -0.25) is 13.7 Å². The minimum absolute atomic E-state index is 0.182. The number of imidazole rings is 1. The van der Waals surface area contributed by atoms with Gasteiger partial charge in [0.05, 0.1) is 51.3 Å². The van der Waals surface area contributed by atoms with E-state index in [1.54, 1.807) is 0 Å². The molecule has 0 N–H and O–H groups in total. The van der Waals surface area contributed by atoms with Crippen molar-refractivity contribution in [2.24, 2.45) is 0 Å². The third-order valence-corrected chi connectivity index (χ3v) is 32.8. The highest BCUT2D eigenvalue weighted by Gasteiger charge is 2.44. The average molecular weight is 1550 g/mol. The molecule has 0 fully saturated rings. The molecular weight excluding hydrogens is 1450 g/mol. The Kier molecular flexibility index (Phi) is 14.7. The quantitative estimate of drug-likeness (QED) is 0.0444.